The van der Waals surface area contributed by atoms with Crippen LogP contribution in [0.1, 0.15) is 70.4 Å². The number of ether oxygens (including phenoxy) is 1. The van der Waals surface area contributed by atoms with Gasteiger partial charge in [0.15, 0.2) is 6.54 Å². The molecule has 4 rings (SSSR count). The number of nitrogens with one attached hydrogen (secondary N) is 2. The molecule has 2 amide bonds. The van der Waals surface area contributed by atoms with E-state index in [2.05, 4.69) is 15.5 Å². The molecular formula is C38H47N4O9S+. The maximum atomic E-state index is 14.0. The number of nitrogens with zero attached hydrogens (tertiary/aromatic N) is 2. The fourth-order valence-electron chi connectivity index (χ4n) is 6.20. The number of aromatic nitrogens is 1. The maximum absolute atomic E-state index is 14.0. The zero-order valence-electron chi connectivity index (χ0n) is 29.8. The van der Waals surface area contributed by atoms with Crippen LogP contribution >= 0.6 is 0 Å². The number of hydrogen-bond acceptors (Lipinski definition) is 8. The molecule has 0 unspecified atom stereocenters. The molecule has 0 saturated heterocycles. The Labute approximate surface area is 303 Å². The van der Waals surface area contributed by atoms with Crippen LogP contribution in [-0.4, -0.2) is 85.7 Å². The van der Waals surface area contributed by atoms with Gasteiger partial charge in [-0.05, 0) is 88.6 Å². The van der Waals surface area contributed by atoms with Crippen LogP contribution in [-0.2, 0) is 26.3 Å². The predicted molar refractivity (Wildman–Crippen MR) is 197 cm³/mol. The van der Waals surface area contributed by atoms with Crippen LogP contribution in [0, 0.1) is 13.8 Å². The first-order chi connectivity index (χ1) is 24.7. The third-order valence-corrected chi connectivity index (χ3v) is 9.47. The van der Waals surface area contributed by atoms with Crippen LogP contribution < -0.4 is 19.9 Å². The quantitative estimate of drug-likeness (QED) is 0.0272. The van der Waals surface area contributed by atoms with E-state index < -0.39 is 22.1 Å². The van der Waals surface area contributed by atoms with Gasteiger partial charge in [-0.3, -0.25) is 18.9 Å². The SMILES string of the molecule is Cc1cc(C(=O)NCCCN(C)CCCNC(=O)CCCC(=O)O)cc(C)c1OC(=O)c1c2ccccc2[n+](CCCS(=O)(=O)O)c2ccccc12. The van der Waals surface area contributed by atoms with E-state index in [-0.39, 0.29) is 36.8 Å². The summed E-state index contributed by atoms with van der Waals surface area (Å²) in [5.41, 5.74) is 3.48. The number of carboxylic acid groups (broad SMARTS) is 1. The number of carbonyl (C=O) groups is 4. The highest BCUT2D eigenvalue weighted by Crippen LogP contribution is 2.30. The Morgan fingerprint density at radius 3 is 1.92 bits per heavy atom. The smallest absolute Gasteiger partial charge is 0.345 e. The maximum Gasteiger partial charge on any atom is 0.345 e. The Bertz CT molecular complexity index is 1970. The number of fused-ring (bicyclic) bond motifs is 2. The van der Waals surface area contributed by atoms with Gasteiger partial charge in [-0.25, -0.2) is 4.79 Å². The lowest BCUT2D eigenvalue weighted by Crippen LogP contribution is -2.37. The molecule has 1 aromatic heterocycles. The van der Waals surface area contributed by atoms with Crippen molar-refractivity contribution in [2.24, 2.45) is 0 Å². The minimum Gasteiger partial charge on any atom is -0.481 e. The zero-order chi connectivity index (χ0) is 37.8. The average molecular weight is 736 g/mol. The number of rotatable bonds is 19. The van der Waals surface area contributed by atoms with Crippen LogP contribution in [0.2, 0.25) is 0 Å². The Kier molecular flexibility index (Phi) is 14.2. The molecule has 4 aromatic rings. The molecule has 0 aliphatic rings. The summed E-state index contributed by atoms with van der Waals surface area (Å²) >= 11 is 0. The molecule has 0 aliphatic carbocycles. The molecule has 0 radical (unpaired) electrons. The molecule has 0 saturated carbocycles. The van der Waals surface area contributed by atoms with E-state index in [1.54, 1.807) is 26.0 Å². The van der Waals surface area contributed by atoms with Gasteiger partial charge in [-0.1, -0.05) is 24.3 Å². The topological polar surface area (TPSA) is 183 Å². The number of aliphatic carboxylic acids is 1. The Morgan fingerprint density at radius 1 is 0.808 bits per heavy atom. The molecule has 0 atom stereocenters. The first-order valence-electron chi connectivity index (χ1n) is 17.3. The van der Waals surface area contributed by atoms with Gasteiger partial charge in [-0.15, -0.1) is 0 Å². The van der Waals surface area contributed by atoms with Gasteiger partial charge < -0.3 is 25.4 Å². The second kappa shape index (κ2) is 18.5. The van der Waals surface area contributed by atoms with Gasteiger partial charge in [0.05, 0.1) is 22.1 Å². The number of carbonyl (C=O) groups excluding carboxylic acids is 3. The molecular weight excluding hydrogens is 689 g/mol. The Morgan fingerprint density at radius 2 is 1.37 bits per heavy atom. The Hall–Kier alpha value is -4.92. The van der Waals surface area contributed by atoms with Crippen LogP contribution in [0.4, 0.5) is 0 Å². The van der Waals surface area contributed by atoms with Gasteiger partial charge in [-0.2, -0.15) is 13.0 Å². The fourth-order valence-corrected chi connectivity index (χ4v) is 6.69. The summed E-state index contributed by atoms with van der Waals surface area (Å²) < 4.78 is 40.0. The molecule has 0 aliphatic heterocycles. The third kappa shape index (κ3) is 11.3. The minimum atomic E-state index is -4.13. The van der Waals surface area contributed by atoms with Crippen LogP contribution in [0.5, 0.6) is 5.75 Å². The van der Waals surface area contributed by atoms with E-state index in [9.17, 15) is 32.1 Å². The van der Waals surface area contributed by atoms with Gasteiger partial charge in [0, 0.05) is 50.0 Å². The molecule has 52 heavy (non-hydrogen) atoms. The van der Waals surface area contributed by atoms with E-state index in [1.165, 1.54) is 0 Å². The molecule has 3 aromatic carbocycles. The highest BCUT2D eigenvalue weighted by molar-refractivity contribution is 7.85. The van der Waals surface area contributed by atoms with Crippen molar-refractivity contribution in [1.29, 1.82) is 0 Å². The summed E-state index contributed by atoms with van der Waals surface area (Å²) in [6, 6.07) is 18.0. The lowest BCUT2D eigenvalue weighted by molar-refractivity contribution is -0.645. The number of para-hydroxylation sites is 2. The molecule has 278 valence electrons. The molecule has 14 heteroatoms. The standard InChI is InChI=1S/C38H46N4O9S/c1-26-24-28(37(46)40-19-10-21-41(3)20-9-18-39-33(43)16-8-17-34(44)45)25-27(2)36(26)51-38(47)35-29-12-4-6-14-31(29)42(22-11-23-52(48,49)50)32-15-7-5-13-30(32)35/h4-7,12-15,24-25H,8-11,16-23H2,1-3H3,(H3-,39,40,43,44,45,46,48,49,50)/p+1. The molecule has 4 N–H and O–H groups in total. The predicted octanol–water partition coefficient (Wildman–Crippen LogP) is 4.21. The monoisotopic (exact) mass is 735 g/mol. The van der Waals surface area contributed by atoms with Crippen molar-refractivity contribution >= 4 is 55.7 Å². The molecule has 0 spiro atoms. The van der Waals surface area contributed by atoms with Gasteiger partial charge in [0.25, 0.3) is 16.0 Å². The first-order valence-corrected chi connectivity index (χ1v) is 18.9. The van der Waals surface area contributed by atoms with E-state index in [4.69, 9.17) is 9.84 Å². The van der Waals surface area contributed by atoms with Gasteiger partial charge >= 0.3 is 11.9 Å². The van der Waals surface area contributed by atoms with E-state index in [0.29, 0.717) is 75.9 Å². The van der Waals surface area contributed by atoms with Crippen molar-refractivity contribution in [2.45, 2.75) is 58.9 Å². The van der Waals surface area contributed by atoms with Crippen molar-refractivity contribution < 1.29 is 46.6 Å². The second-order valence-electron chi connectivity index (χ2n) is 12.9. The van der Waals surface area contributed by atoms with Crippen LogP contribution in [0.25, 0.3) is 21.8 Å². The highest BCUT2D eigenvalue weighted by atomic mass is 32.2. The zero-order valence-corrected chi connectivity index (χ0v) is 30.6. The second-order valence-corrected chi connectivity index (χ2v) is 14.5. The summed E-state index contributed by atoms with van der Waals surface area (Å²) in [6.07, 6.45) is 2.15. The van der Waals surface area contributed by atoms with Gasteiger partial charge in [0.1, 0.15) is 5.75 Å². The highest BCUT2D eigenvalue weighted by Gasteiger charge is 2.26. The largest absolute Gasteiger partial charge is 0.481 e. The van der Waals surface area contributed by atoms with Crippen molar-refractivity contribution in [3.8, 4) is 5.75 Å². The van der Waals surface area contributed by atoms with Crippen LogP contribution in [0.3, 0.4) is 0 Å². The third-order valence-electron chi connectivity index (χ3n) is 8.67. The molecule has 13 nitrogen and oxygen atoms in total. The summed E-state index contributed by atoms with van der Waals surface area (Å²) in [5, 5.41) is 15.7. The van der Waals surface area contributed by atoms with E-state index >= 15 is 0 Å². The summed E-state index contributed by atoms with van der Waals surface area (Å²) in [6.45, 7) is 6.34. The van der Waals surface area contributed by atoms with Crippen molar-refractivity contribution in [3.05, 3.63) is 82.9 Å². The number of aryl methyl sites for hydroxylation is 3. The summed E-state index contributed by atoms with van der Waals surface area (Å²) in [7, 11) is -2.16. The first kappa shape index (κ1) is 39.9. The number of esters is 1. The average Bonchev–Trinajstić information content (AvgIpc) is 3.09. The van der Waals surface area contributed by atoms with Crippen molar-refractivity contribution in [3.63, 3.8) is 0 Å². The summed E-state index contributed by atoms with van der Waals surface area (Å²) in [4.78, 5) is 51.4. The fraction of sp³-hybridized carbons (Fsp3) is 0.395. The lowest BCUT2D eigenvalue weighted by atomic mass is 10.0. The molecule has 0 fully saturated rings. The number of amides is 2. The minimum absolute atomic E-state index is 0.0206. The van der Waals surface area contributed by atoms with E-state index in [1.807, 2.05) is 60.1 Å². The van der Waals surface area contributed by atoms with E-state index in [0.717, 1.165) is 25.9 Å². The Balaban J connectivity index is 1.36. The summed E-state index contributed by atoms with van der Waals surface area (Å²) in [5.74, 6) is -1.89. The number of carboxylic acids is 1. The molecule has 0 bridgehead atoms. The normalized spacial score (nSPS) is 11.6. The van der Waals surface area contributed by atoms with Crippen molar-refractivity contribution in [1.82, 2.24) is 15.5 Å². The number of benzene rings is 3. The van der Waals surface area contributed by atoms with Crippen molar-refractivity contribution in [2.75, 3.05) is 39.0 Å². The van der Waals surface area contributed by atoms with Gasteiger partial charge in [0.2, 0.25) is 16.9 Å². The number of hydrogen-bond donors (Lipinski definition) is 4. The number of pyridine rings is 1. The molecule has 1 heterocycles. The lowest BCUT2D eigenvalue weighted by Gasteiger charge is -2.17. The van der Waals surface area contributed by atoms with Crippen LogP contribution in [0.15, 0.2) is 60.7 Å².